The summed E-state index contributed by atoms with van der Waals surface area (Å²) in [6.45, 7) is 11.4. The van der Waals surface area contributed by atoms with Gasteiger partial charge in [-0.3, -0.25) is 14.1 Å². The highest BCUT2D eigenvalue weighted by Crippen LogP contribution is 2.51. The van der Waals surface area contributed by atoms with Crippen LogP contribution in [0.25, 0.3) is 0 Å². The lowest BCUT2D eigenvalue weighted by Crippen LogP contribution is -2.43. The first-order valence-electron chi connectivity index (χ1n) is 11.3. The van der Waals surface area contributed by atoms with Gasteiger partial charge in [0.25, 0.3) is 0 Å². The fourth-order valence-electron chi connectivity index (χ4n) is 2.81. The van der Waals surface area contributed by atoms with Crippen molar-refractivity contribution in [1.29, 1.82) is 0 Å². The summed E-state index contributed by atoms with van der Waals surface area (Å²) in [5.41, 5.74) is -1.40. The van der Waals surface area contributed by atoms with E-state index in [1.54, 1.807) is 63.2 Å². The van der Waals surface area contributed by atoms with Crippen LogP contribution >= 0.6 is 7.82 Å². The Bertz CT molecular complexity index is 1010. The smallest absolute Gasteiger partial charge is 0.459 e. The van der Waals surface area contributed by atoms with E-state index in [-0.39, 0.29) is 11.5 Å². The van der Waals surface area contributed by atoms with Crippen molar-refractivity contribution in [2.45, 2.75) is 66.4 Å². The molecular formula is C26H35O7P. The molecule has 0 aliphatic rings. The first-order valence-corrected chi connectivity index (χ1v) is 12.8. The van der Waals surface area contributed by atoms with Crippen LogP contribution < -0.4 is 9.05 Å². The first-order chi connectivity index (χ1) is 15.8. The number of carbonyl (C=O) groups is 2. The maximum atomic E-state index is 13.7. The van der Waals surface area contributed by atoms with Gasteiger partial charge in [0.1, 0.15) is 28.3 Å². The summed E-state index contributed by atoms with van der Waals surface area (Å²) in [5.74, 6) is -0.387. The number of phosphoric ester groups is 1. The van der Waals surface area contributed by atoms with E-state index in [1.807, 2.05) is 12.1 Å². The van der Waals surface area contributed by atoms with Gasteiger partial charge < -0.3 is 13.8 Å². The zero-order valence-electron chi connectivity index (χ0n) is 21.0. The van der Waals surface area contributed by atoms with Crippen LogP contribution in [0.2, 0.25) is 0 Å². The molecule has 2 aromatic carbocycles. The van der Waals surface area contributed by atoms with Gasteiger partial charge in [-0.05, 0) is 76.8 Å². The van der Waals surface area contributed by atoms with Crippen molar-refractivity contribution >= 4 is 19.6 Å². The highest BCUT2D eigenvalue weighted by Gasteiger charge is 2.45. The maximum Gasteiger partial charge on any atom is 0.587 e. The van der Waals surface area contributed by atoms with Crippen molar-refractivity contribution in [2.24, 2.45) is 5.41 Å². The normalized spacial score (nSPS) is 16.0. The van der Waals surface area contributed by atoms with Gasteiger partial charge in [0.2, 0.25) is 0 Å². The molecule has 0 spiro atoms. The van der Waals surface area contributed by atoms with E-state index < -0.39 is 37.2 Å². The standard InChI is InChI=1S/C26H35O7P/c1-8-19(2)21-14-16-23(17-15-21)33-34(29,32-22-12-10-9-11-13-22)30-18-26(7,20(3)27)24(28)31-25(4,5)6/h9-17,19H,8,18H2,1-7H3. The average molecular weight is 491 g/mol. The largest absolute Gasteiger partial charge is 0.587 e. The Kier molecular flexibility index (Phi) is 9.09. The Hall–Kier alpha value is -2.63. The topological polar surface area (TPSA) is 88.1 Å². The van der Waals surface area contributed by atoms with Crippen molar-refractivity contribution in [3.8, 4) is 11.5 Å². The third kappa shape index (κ3) is 7.71. The molecule has 0 amide bonds. The lowest BCUT2D eigenvalue weighted by molar-refractivity contribution is -0.170. The van der Waals surface area contributed by atoms with Crippen molar-refractivity contribution < 1.29 is 32.5 Å². The summed E-state index contributed by atoms with van der Waals surface area (Å²) in [6, 6.07) is 15.5. The molecule has 0 saturated heterocycles. The number of rotatable bonds is 11. The van der Waals surface area contributed by atoms with Crippen molar-refractivity contribution in [3.63, 3.8) is 0 Å². The molecule has 0 aromatic heterocycles. The minimum atomic E-state index is -4.30. The van der Waals surface area contributed by atoms with Gasteiger partial charge in [0.05, 0.1) is 6.61 Å². The predicted octanol–water partition coefficient (Wildman–Crippen LogP) is 6.72. The Morgan fingerprint density at radius 2 is 1.44 bits per heavy atom. The summed E-state index contributed by atoms with van der Waals surface area (Å²) >= 11 is 0. The monoisotopic (exact) mass is 490 g/mol. The summed E-state index contributed by atoms with van der Waals surface area (Å²) in [4.78, 5) is 25.2. The number of hydrogen-bond donors (Lipinski definition) is 0. The Morgan fingerprint density at radius 3 is 1.91 bits per heavy atom. The molecule has 8 heteroatoms. The lowest BCUT2D eigenvalue weighted by atomic mass is 9.87. The van der Waals surface area contributed by atoms with Crippen LogP contribution in [-0.4, -0.2) is 24.0 Å². The minimum absolute atomic E-state index is 0.254. The third-order valence-corrected chi connectivity index (χ3v) is 6.69. The summed E-state index contributed by atoms with van der Waals surface area (Å²) < 4.78 is 35.9. The second kappa shape index (κ2) is 11.2. The van der Waals surface area contributed by atoms with E-state index in [2.05, 4.69) is 13.8 Å². The molecule has 0 N–H and O–H groups in total. The van der Waals surface area contributed by atoms with E-state index in [9.17, 15) is 14.2 Å². The van der Waals surface area contributed by atoms with Crippen molar-refractivity contribution in [3.05, 3.63) is 60.2 Å². The maximum absolute atomic E-state index is 13.7. The molecule has 0 aliphatic heterocycles. The molecule has 0 fully saturated rings. The number of phosphoric acid groups is 1. The van der Waals surface area contributed by atoms with E-state index >= 15 is 0 Å². The Labute approximate surface area is 202 Å². The number of esters is 1. The van der Waals surface area contributed by atoms with E-state index in [4.69, 9.17) is 18.3 Å². The number of para-hydroxylation sites is 1. The highest BCUT2D eigenvalue weighted by molar-refractivity contribution is 7.49. The van der Waals surface area contributed by atoms with Crippen LogP contribution in [0.5, 0.6) is 11.5 Å². The van der Waals surface area contributed by atoms with Crippen molar-refractivity contribution in [2.75, 3.05) is 6.61 Å². The summed E-state index contributed by atoms with van der Waals surface area (Å²) in [5, 5.41) is 0. The molecule has 2 rings (SSSR count). The second-order valence-electron chi connectivity index (χ2n) is 9.48. The number of ketones is 1. The molecule has 0 radical (unpaired) electrons. The fraction of sp³-hybridized carbons (Fsp3) is 0.462. The summed E-state index contributed by atoms with van der Waals surface area (Å²) in [7, 11) is -4.30. The Balaban J connectivity index is 2.31. The molecule has 7 nitrogen and oxygen atoms in total. The molecular weight excluding hydrogens is 455 g/mol. The summed E-state index contributed by atoms with van der Waals surface area (Å²) in [6.07, 6.45) is 0.979. The van der Waals surface area contributed by atoms with Gasteiger partial charge in [0.15, 0.2) is 0 Å². The number of Topliss-reactive ketones (excluding diaryl/α,β-unsaturated/α-hetero) is 1. The van der Waals surface area contributed by atoms with Gasteiger partial charge in [-0.15, -0.1) is 0 Å². The fourth-order valence-corrected chi connectivity index (χ4v) is 4.13. The van der Waals surface area contributed by atoms with E-state index in [0.29, 0.717) is 5.92 Å². The molecule has 186 valence electrons. The SMILES string of the molecule is CCC(C)c1ccc(OP(=O)(OCC(C)(C(C)=O)C(=O)OC(C)(C)C)Oc2ccccc2)cc1. The average Bonchev–Trinajstić information content (AvgIpc) is 2.76. The van der Waals surface area contributed by atoms with Crippen LogP contribution in [0.15, 0.2) is 54.6 Å². The van der Waals surface area contributed by atoms with Gasteiger partial charge in [-0.1, -0.05) is 44.2 Å². The number of ether oxygens (including phenoxy) is 1. The molecule has 0 aliphatic carbocycles. The molecule has 0 saturated carbocycles. The van der Waals surface area contributed by atoms with Crippen LogP contribution in [0.3, 0.4) is 0 Å². The number of benzene rings is 2. The first kappa shape index (κ1) is 27.6. The van der Waals surface area contributed by atoms with Gasteiger partial charge >= 0.3 is 13.8 Å². The van der Waals surface area contributed by atoms with E-state index in [0.717, 1.165) is 12.0 Å². The van der Waals surface area contributed by atoms with Gasteiger partial charge in [-0.2, -0.15) is 0 Å². The van der Waals surface area contributed by atoms with Crippen molar-refractivity contribution in [1.82, 2.24) is 0 Å². The van der Waals surface area contributed by atoms with Crippen LogP contribution in [0.1, 0.15) is 66.4 Å². The molecule has 3 atom stereocenters. The minimum Gasteiger partial charge on any atom is -0.459 e. The molecule has 0 heterocycles. The molecule has 34 heavy (non-hydrogen) atoms. The quantitative estimate of drug-likeness (QED) is 0.196. The number of carbonyl (C=O) groups excluding carboxylic acids is 2. The molecule has 0 bridgehead atoms. The highest BCUT2D eigenvalue weighted by atomic mass is 31.2. The van der Waals surface area contributed by atoms with Crippen LogP contribution in [0, 0.1) is 5.41 Å². The zero-order valence-corrected chi connectivity index (χ0v) is 21.9. The third-order valence-electron chi connectivity index (χ3n) is 5.38. The second-order valence-corrected chi connectivity index (χ2v) is 11.0. The zero-order chi connectivity index (χ0) is 25.6. The predicted molar refractivity (Wildman–Crippen MR) is 131 cm³/mol. The molecule has 2 aromatic rings. The Morgan fingerprint density at radius 1 is 0.912 bits per heavy atom. The molecule has 3 unspecified atom stereocenters. The van der Waals surface area contributed by atoms with Crippen LogP contribution in [-0.2, 0) is 23.4 Å². The van der Waals surface area contributed by atoms with E-state index in [1.165, 1.54) is 13.8 Å². The van der Waals surface area contributed by atoms with Crippen LogP contribution in [0.4, 0.5) is 0 Å². The lowest BCUT2D eigenvalue weighted by Gasteiger charge is -2.30. The number of hydrogen-bond acceptors (Lipinski definition) is 7. The van der Waals surface area contributed by atoms with Gasteiger partial charge in [0, 0.05) is 0 Å². The van der Waals surface area contributed by atoms with Gasteiger partial charge in [-0.25, -0.2) is 4.57 Å².